The van der Waals surface area contributed by atoms with Gasteiger partial charge in [-0.2, -0.15) is 0 Å². The summed E-state index contributed by atoms with van der Waals surface area (Å²) in [6, 6.07) is 16.6. The lowest BCUT2D eigenvalue weighted by Crippen LogP contribution is -2.07. The molecule has 0 aromatic heterocycles. The van der Waals surface area contributed by atoms with Crippen LogP contribution in [0.2, 0.25) is 5.02 Å². The lowest BCUT2D eigenvalue weighted by Gasteiger charge is -2.17. The van der Waals surface area contributed by atoms with E-state index in [9.17, 15) is 0 Å². The van der Waals surface area contributed by atoms with Crippen LogP contribution in [0, 0.1) is 6.92 Å². The first-order chi connectivity index (χ1) is 8.18. The molecule has 2 rings (SSSR count). The van der Waals surface area contributed by atoms with Crippen molar-refractivity contribution in [3.63, 3.8) is 0 Å². The van der Waals surface area contributed by atoms with Gasteiger partial charge in [-0.15, -0.1) is 0 Å². The monoisotopic (exact) mass is 245 g/mol. The average Bonchev–Trinajstić information content (AvgIpc) is 2.36. The molecule has 0 radical (unpaired) electrons. The third-order valence-electron chi connectivity index (χ3n) is 2.94. The molecule has 0 saturated heterocycles. The van der Waals surface area contributed by atoms with Crippen LogP contribution in [0.4, 0.5) is 5.69 Å². The maximum absolute atomic E-state index is 6.10. The first-order valence-corrected chi connectivity index (χ1v) is 6.13. The number of hydrogen-bond donors (Lipinski definition) is 1. The summed E-state index contributed by atoms with van der Waals surface area (Å²) in [6.07, 6.45) is 0. The molecule has 17 heavy (non-hydrogen) atoms. The molecule has 88 valence electrons. The van der Waals surface area contributed by atoms with Gasteiger partial charge in [0.05, 0.1) is 0 Å². The molecule has 0 aliphatic rings. The van der Waals surface area contributed by atoms with Gasteiger partial charge in [-0.1, -0.05) is 48.0 Å². The Kier molecular flexibility index (Phi) is 3.70. The second-order valence-corrected chi connectivity index (χ2v) is 4.60. The number of halogens is 1. The van der Waals surface area contributed by atoms with Crippen LogP contribution in [-0.4, -0.2) is 0 Å². The summed E-state index contributed by atoms with van der Waals surface area (Å²) in [5.41, 5.74) is 3.46. The van der Waals surface area contributed by atoms with Crippen molar-refractivity contribution < 1.29 is 0 Å². The third kappa shape index (κ3) is 2.80. The van der Waals surface area contributed by atoms with Gasteiger partial charge in [0, 0.05) is 16.8 Å². The summed E-state index contributed by atoms with van der Waals surface area (Å²) in [5, 5.41) is 4.28. The van der Waals surface area contributed by atoms with E-state index in [0.717, 1.165) is 16.3 Å². The van der Waals surface area contributed by atoms with Crippen molar-refractivity contribution in [1.29, 1.82) is 0 Å². The second-order valence-electron chi connectivity index (χ2n) is 4.19. The molecule has 1 atom stereocenters. The predicted octanol–water partition coefficient (Wildman–Crippen LogP) is 4.82. The molecule has 2 aromatic rings. The summed E-state index contributed by atoms with van der Waals surface area (Å²) < 4.78 is 0. The standard InChI is InChI=1S/C15H16ClN/c1-11-14(16)9-6-10-15(11)17-12(2)13-7-4-3-5-8-13/h3-10,12,17H,1-2H3. The fourth-order valence-electron chi connectivity index (χ4n) is 1.82. The van der Waals surface area contributed by atoms with Gasteiger partial charge in [0.15, 0.2) is 0 Å². The van der Waals surface area contributed by atoms with Crippen LogP contribution in [0.15, 0.2) is 48.5 Å². The van der Waals surface area contributed by atoms with Crippen molar-refractivity contribution >= 4 is 17.3 Å². The highest BCUT2D eigenvalue weighted by atomic mass is 35.5. The summed E-state index contributed by atoms with van der Waals surface area (Å²) in [6.45, 7) is 4.18. The molecule has 2 heteroatoms. The molecular formula is C15H16ClN. The minimum absolute atomic E-state index is 0.272. The molecule has 2 aromatic carbocycles. The molecule has 1 N–H and O–H groups in total. The van der Waals surface area contributed by atoms with E-state index in [-0.39, 0.29) is 6.04 Å². The molecule has 0 aliphatic carbocycles. The molecule has 1 unspecified atom stereocenters. The van der Waals surface area contributed by atoms with Crippen LogP contribution in [0.25, 0.3) is 0 Å². The molecule has 0 heterocycles. The van der Waals surface area contributed by atoms with Gasteiger partial charge in [0.2, 0.25) is 0 Å². The Morgan fingerprint density at radius 3 is 2.41 bits per heavy atom. The van der Waals surface area contributed by atoms with Crippen LogP contribution in [0.3, 0.4) is 0 Å². The van der Waals surface area contributed by atoms with E-state index >= 15 is 0 Å². The number of nitrogens with one attached hydrogen (secondary N) is 1. The number of hydrogen-bond acceptors (Lipinski definition) is 1. The third-order valence-corrected chi connectivity index (χ3v) is 3.35. The zero-order valence-electron chi connectivity index (χ0n) is 10.1. The van der Waals surface area contributed by atoms with Gasteiger partial charge in [-0.05, 0) is 37.1 Å². The highest BCUT2D eigenvalue weighted by Crippen LogP contribution is 2.26. The van der Waals surface area contributed by atoms with Gasteiger partial charge >= 0.3 is 0 Å². The SMILES string of the molecule is Cc1c(Cl)cccc1NC(C)c1ccccc1. The van der Waals surface area contributed by atoms with Gasteiger partial charge in [-0.3, -0.25) is 0 Å². The van der Waals surface area contributed by atoms with E-state index < -0.39 is 0 Å². The molecule has 0 aliphatic heterocycles. The lowest BCUT2D eigenvalue weighted by molar-refractivity contribution is 0.883. The van der Waals surface area contributed by atoms with Crippen molar-refractivity contribution in [2.75, 3.05) is 5.32 Å². The maximum Gasteiger partial charge on any atom is 0.0485 e. The Bertz CT molecular complexity index is 494. The minimum Gasteiger partial charge on any atom is -0.378 e. The fourth-order valence-corrected chi connectivity index (χ4v) is 2.00. The first kappa shape index (κ1) is 12.0. The largest absolute Gasteiger partial charge is 0.378 e. The average molecular weight is 246 g/mol. The molecule has 0 saturated carbocycles. The van der Waals surface area contributed by atoms with E-state index in [0.29, 0.717) is 0 Å². The molecule has 0 amide bonds. The Balaban J connectivity index is 2.19. The molecular weight excluding hydrogens is 230 g/mol. The van der Waals surface area contributed by atoms with Crippen molar-refractivity contribution in [3.8, 4) is 0 Å². The van der Waals surface area contributed by atoms with E-state index in [2.05, 4.69) is 42.6 Å². The van der Waals surface area contributed by atoms with E-state index in [4.69, 9.17) is 11.6 Å². The lowest BCUT2D eigenvalue weighted by atomic mass is 10.1. The Morgan fingerprint density at radius 2 is 1.71 bits per heavy atom. The van der Waals surface area contributed by atoms with E-state index in [1.165, 1.54) is 5.56 Å². The van der Waals surface area contributed by atoms with E-state index in [1.54, 1.807) is 0 Å². The van der Waals surface area contributed by atoms with Gasteiger partial charge in [0.1, 0.15) is 0 Å². The number of anilines is 1. The van der Waals surface area contributed by atoms with Crippen LogP contribution in [0.1, 0.15) is 24.1 Å². The van der Waals surface area contributed by atoms with E-state index in [1.807, 2.05) is 25.1 Å². The zero-order chi connectivity index (χ0) is 12.3. The van der Waals surface area contributed by atoms with Crippen molar-refractivity contribution in [2.45, 2.75) is 19.9 Å². The van der Waals surface area contributed by atoms with Crippen LogP contribution in [0.5, 0.6) is 0 Å². The zero-order valence-corrected chi connectivity index (χ0v) is 10.8. The smallest absolute Gasteiger partial charge is 0.0485 e. The Hall–Kier alpha value is -1.47. The topological polar surface area (TPSA) is 12.0 Å². The molecule has 0 spiro atoms. The Labute approximate surface area is 107 Å². The van der Waals surface area contributed by atoms with Gasteiger partial charge in [-0.25, -0.2) is 0 Å². The normalized spacial score (nSPS) is 12.2. The van der Waals surface area contributed by atoms with Crippen molar-refractivity contribution in [2.24, 2.45) is 0 Å². The summed E-state index contributed by atoms with van der Waals surface area (Å²) in [5.74, 6) is 0. The second kappa shape index (κ2) is 5.24. The van der Waals surface area contributed by atoms with Crippen LogP contribution in [-0.2, 0) is 0 Å². The van der Waals surface area contributed by atoms with Crippen molar-refractivity contribution in [3.05, 3.63) is 64.7 Å². The highest BCUT2D eigenvalue weighted by molar-refractivity contribution is 6.31. The fraction of sp³-hybridized carbons (Fsp3) is 0.200. The number of rotatable bonds is 3. The maximum atomic E-state index is 6.10. The number of benzene rings is 2. The summed E-state index contributed by atoms with van der Waals surface area (Å²) >= 11 is 6.10. The van der Waals surface area contributed by atoms with Gasteiger partial charge < -0.3 is 5.32 Å². The van der Waals surface area contributed by atoms with Crippen LogP contribution >= 0.6 is 11.6 Å². The molecule has 1 nitrogen and oxygen atoms in total. The van der Waals surface area contributed by atoms with Crippen LogP contribution < -0.4 is 5.32 Å². The summed E-state index contributed by atoms with van der Waals surface area (Å²) in [4.78, 5) is 0. The minimum atomic E-state index is 0.272. The molecule has 0 bridgehead atoms. The predicted molar refractivity (Wildman–Crippen MR) is 74.7 cm³/mol. The first-order valence-electron chi connectivity index (χ1n) is 5.75. The molecule has 0 fully saturated rings. The highest BCUT2D eigenvalue weighted by Gasteiger charge is 2.07. The van der Waals surface area contributed by atoms with Crippen molar-refractivity contribution in [1.82, 2.24) is 0 Å². The Morgan fingerprint density at radius 1 is 1.00 bits per heavy atom. The summed E-state index contributed by atoms with van der Waals surface area (Å²) in [7, 11) is 0. The quantitative estimate of drug-likeness (QED) is 0.817. The van der Waals surface area contributed by atoms with Gasteiger partial charge in [0.25, 0.3) is 0 Å².